The van der Waals surface area contributed by atoms with Gasteiger partial charge in [0.05, 0.1) is 13.7 Å². The summed E-state index contributed by atoms with van der Waals surface area (Å²) in [6.07, 6.45) is 3.65. The van der Waals surface area contributed by atoms with Gasteiger partial charge in [-0.1, -0.05) is 19.9 Å². The van der Waals surface area contributed by atoms with E-state index in [1.807, 2.05) is 6.07 Å². The second-order valence-electron chi connectivity index (χ2n) is 5.89. The van der Waals surface area contributed by atoms with Crippen molar-refractivity contribution >= 4 is 0 Å². The zero-order chi connectivity index (χ0) is 15.8. The molecule has 1 heterocycles. The largest absolute Gasteiger partial charge is 0.493 e. The van der Waals surface area contributed by atoms with E-state index in [-0.39, 0.29) is 0 Å². The molecule has 22 heavy (non-hydrogen) atoms. The van der Waals surface area contributed by atoms with Crippen LogP contribution in [-0.4, -0.2) is 44.3 Å². The van der Waals surface area contributed by atoms with E-state index in [2.05, 4.69) is 36.2 Å². The molecule has 0 aromatic heterocycles. The van der Waals surface area contributed by atoms with Gasteiger partial charge in [0.25, 0.3) is 0 Å². The highest BCUT2D eigenvalue weighted by molar-refractivity contribution is 5.42. The third-order valence-corrected chi connectivity index (χ3v) is 4.30. The Labute approximate surface area is 134 Å². The van der Waals surface area contributed by atoms with Gasteiger partial charge in [-0.25, -0.2) is 0 Å². The molecule has 4 heteroatoms. The van der Waals surface area contributed by atoms with Crippen LogP contribution < -0.4 is 14.8 Å². The van der Waals surface area contributed by atoms with Crippen molar-refractivity contribution in [3.05, 3.63) is 23.8 Å². The molecule has 1 atom stereocenters. The molecule has 1 aromatic carbocycles. The van der Waals surface area contributed by atoms with Crippen LogP contribution in [0.3, 0.4) is 0 Å². The van der Waals surface area contributed by atoms with Crippen molar-refractivity contribution in [1.29, 1.82) is 0 Å². The lowest BCUT2D eigenvalue weighted by atomic mass is 10.1. The summed E-state index contributed by atoms with van der Waals surface area (Å²) < 4.78 is 11.1. The first kappa shape index (κ1) is 17.1. The summed E-state index contributed by atoms with van der Waals surface area (Å²) >= 11 is 0. The molecule has 4 nitrogen and oxygen atoms in total. The van der Waals surface area contributed by atoms with Gasteiger partial charge in [-0.05, 0) is 50.0 Å². The smallest absolute Gasteiger partial charge is 0.161 e. The zero-order valence-electron chi connectivity index (χ0n) is 14.2. The fourth-order valence-electron chi connectivity index (χ4n) is 3.08. The first-order chi connectivity index (χ1) is 10.8. The number of nitrogens with one attached hydrogen (secondary N) is 1. The fourth-order valence-corrected chi connectivity index (χ4v) is 3.08. The monoisotopic (exact) mass is 306 g/mol. The predicted octanol–water partition coefficient (Wildman–Crippen LogP) is 3.06. The number of rotatable bonds is 9. The van der Waals surface area contributed by atoms with Gasteiger partial charge in [0.1, 0.15) is 0 Å². The van der Waals surface area contributed by atoms with Crippen molar-refractivity contribution in [2.75, 3.05) is 33.4 Å². The van der Waals surface area contributed by atoms with Gasteiger partial charge in [0.2, 0.25) is 0 Å². The molecule has 0 unspecified atom stereocenters. The van der Waals surface area contributed by atoms with E-state index in [1.165, 1.54) is 24.9 Å². The van der Waals surface area contributed by atoms with E-state index < -0.39 is 0 Å². The Kier molecular flexibility index (Phi) is 7.00. The summed E-state index contributed by atoms with van der Waals surface area (Å²) in [4.78, 5) is 2.56. The highest BCUT2D eigenvalue weighted by Crippen LogP contribution is 2.28. The molecule has 2 rings (SSSR count). The van der Waals surface area contributed by atoms with Gasteiger partial charge < -0.3 is 14.8 Å². The van der Waals surface area contributed by atoms with Gasteiger partial charge in [0, 0.05) is 19.1 Å². The Morgan fingerprint density at radius 1 is 1.27 bits per heavy atom. The Bertz CT molecular complexity index is 451. The summed E-state index contributed by atoms with van der Waals surface area (Å²) in [7, 11) is 1.70. The number of likely N-dealkylation sites (N-methyl/N-ethyl adjacent to an activating group) is 1. The second kappa shape index (κ2) is 9.01. The Balaban J connectivity index is 1.84. The quantitative estimate of drug-likeness (QED) is 0.760. The third-order valence-electron chi connectivity index (χ3n) is 4.30. The van der Waals surface area contributed by atoms with Crippen LogP contribution in [0.5, 0.6) is 11.5 Å². The number of likely N-dealkylation sites (tertiary alicyclic amines) is 1. The zero-order valence-corrected chi connectivity index (χ0v) is 14.2. The Morgan fingerprint density at radius 3 is 2.86 bits per heavy atom. The van der Waals surface area contributed by atoms with E-state index in [1.54, 1.807) is 7.11 Å². The normalized spacial score (nSPS) is 18.6. The van der Waals surface area contributed by atoms with Gasteiger partial charge in [-0.15, -0.1) is 0 Å². The van der Waals surface area contributed by atoms with Crippen LogP contribution in [0, 0.1) is 0 Å². The van der Waals surface area contributed by atoms with Crippen molar-refractivity contribution in [2.24, 2.45) is 0 Å². The fraction of sp³-hybridized carbons (Fsp3) is 0.667. The molecule has 0 spiro atoms. The number of ether oxygens (including phenoxy) is 2. The highest BCUT2D eigenvalue weighted by atomic mass is 16.5. The Hall–Kier alpha value is -1.26. The number of hydrogen-bond donors (Lipinski definition) is 1. The summed E-state index contributed by atoms with van der Waals surface area (Å²) in [5.74, 6) is 1.66. The van der Waals surface area contributed by atoms with Crippen molar-refractivity contribution in [1.82, 2.24) is 10.2 Å². The molecule has 1 aliphatic rings. The minimum atomic E-state index is 0.694. The number of hydrogen-bond acceptors (Lipinski definition) is 4. The summed E-state index contributed by atoms with van der Waals surface area (Å²) in [6, 6.07) is 6.90. The third kappa shape index (κ3) is 4.62. The lowest BCUT2D eigenvalue weighted by Crippen LogP contribution is -2.37. The number of benzene rings is 1. The van der Waals surface area contributed by atoms with Crippen LogP contribution in [0.2, 0.25) is 0 Å². The van der Waals surface area contributed by atoms with Crippen LogP contribution in [0.4, 0.5) is 0 Å². The maximum atomic E-state index is 5.69. The van der Waals surface area contributed by atoms with Crippen molar-refractivity contribution in [3.63, 3.8) is 0 Å². The molecule has 0 amide bonds. The number of methoxy groups -OCH3 is 1. The predicted molar refractivity (Wildman–Crippen MR) is 90.8 cm³/mol. The van der Waals surface area contributed by atoms with Crippen molar-refractivity contribution in [3.8, 4) is 11.5 Å². The topological polar surface area (TPSA) is 33.7 Å². The molecule has 1 N–H and O–H groups in total. The molecule has 1 aliphatic heterocycles. The average molecular weight is 306 g/mol. The lowest BCUT2D eigenvalue weighted by Gasteiger charge is -2.23. The molecule has 0 bridgehead atoms. The van der Waals surface area contributed by atoms with Gasteiger partial charge in [-0.3, -0.25) is 4.90 Å². The van der Waals surface area contributed by atoms with Gasteiger partial charge in [0.15, 0.2) is 11.5 Å². The van der Waals surface area contributed by atoms with E-state index in [4.69, 9.17) is 9.47 Å². The maximum absolute atomic E-state index is 5.69. The van der Waals surface area contributed by atoms with Crippen LogP contribution >= 0.6 is 0 Å². The minimum absolute atomic E-state index is 0.694. The van der Waals surface area contributed by atoms with Crippen LogP contribution in [0.25, 0.3) is 0 Å². The van der Waals surface area contributed by atoms with E-state index >= 15 is 0 Å². The van der Waals surface area contributed by atoms with Crippen LogP contribution in [0.15, 0.2) is 18.2 Å². The molecular formula is C18H30N2O2. The molecule has 1 aromatic rings. The van der Waals surface area contributed by atoms with Gasteiger partial charge >= 0.3 is 0 Å². The minimum Gasteiger partial charge on any atom is -0.493 e. The average Bonchev–Trinajstić information content (AvgIpc) is 3.01. The number of nitrogens with zero attached hydrogens (tertiary/aromatic N) is 1. The molecule has 0 radical (unpaired) electrons. The van der Waals surface area contributed by atoms with Crippen molar-refractivity contribution in [2.45, 2.75) is 45.7 Å². The molecule has 0 saturated carbocycles. The standard InChI is InChI=1S/C18H30N2O2/c1-4-11-22-17-9-8-15(12-18(17)21-3)13-19-14-16-7-6-10-20(16)5-2/h8-9,12,16,19H,4-7,10-11,13-14H2,1-3H3/t16-/m1/s1. The van der Waals surface area contributed by atoms with E-state index in [9.17, 15) is 0 Å². The second-order valence-corrected chi connectivity index (χ2v) is 5.89. The van der Waals surface area contributed by atoms with E-state index in [0.717, 1.165) is 44.2 Å². The summed E-state index contributed by atoms with van der Waals surface area (Å²) in [5.41, 5.74) is 1.24. The van der Waals surface area contributed by atoms with E-state index in [0.29, 0.717) is 6.04 Å². The molecule has 0 aliphatic carbocycles. The summed E-state index contributed by atoms with van der Waals surface area (Å²) in [5, 5.41) is 3.58. The van der Waals surface area contributed by atoms with Gasteiger partial charge in [-0.2, -0.15) is 0 Å². The first-order valence-corrected chi connectivity index (χ1v) is 8.53. The highest BCUT2D eigenvalue weighted by Gasteiger charge is 2.22. The molecule has 1 saturated heterocycles. The lowest BCUT2D eigenvalue weighted by molar-refractivity contribution is 0.260. The molecule has 1 fully saturated rings. The Morgan fingerprint density at radius 2 is 2.14 bits per heavy atom. The molecular weight excluding hydrogens is 276 g/mol. The first-order valence-electron chi connectivity index (χ1n) is 8.53. The van der Waals surface area contributed by atoms with Crippen LogP contribution in [0.1, 0.15) is 38.7 Å². The molecule has 124 valence electrons. The van der Waals surface area contributed by atoms with Crippen LogP contribution in [-0.2, 0) is 6.54 Å². The summed E-state index contributed by atoms with van der Waals surface area (Å²) in [6.45, 7) is 9.42. The van der Waals surface area contributed by atoms with Crippen molar-refractivity contribution < 1.29 is 9.47 Å². The maximum Gasteiger partial charge on any atom is 0.161 e. The SMILES string of the molecule is CCCOc1ccc(CNC[C@H]2CCCN2CC)cc1OC.